The molecule has 2 rings (SSSR count). The second kappa shape index (κ2) is 12.6. The average molecular weight is 433 g/mol. The summed E-state index contributed by atoms with van der Waals surface area (Å²) in [5, 5.41) is 5.30. The van der Waals surface area contributed by atoms with E-state index in [1.54, 1.807) is 24.3 Å². The number of anilines is 1. The number of benzene rings is 2. The van der Waals surface area contributed by atoms with Gasteiger partial charge in [0, 0.05) is 31.3 Å². The van der Waals surface area contributed by atoms with Crippen LogP contribution in [0.1, 0.15) is 37.0 Å². The lowest BCUT2D eigenvalue weighted by atomic mass is 10.2. The van der Waals surface area contributed by atoms with Gasteiger partial charge in [-0.25, -0.2) is 8.78 Å². The molecule has 8 heteroatoms. The van der Waals surface area contributed by atoms with Gasteiger partial charge in [0.2, 0.25) is 5.91 Å². The molecule has 0 spiro atoms. The van der Waals surface area contributed by atoms with Crippen LogP contribution in [0, 0.1) is 11.6 Å². The molecule has 2 aromatic carbocycles. The highest BCUT2D eigenvalue weighted by Crippen LogP contribution is 2.16. The SMILES string of the molecule is CCN(CC)CCOc1ccc(NC(=O)CCCNC(=O)c2ccc(F)cc2F)cc1. The van der Waals surface area contributed by atoms with Crippen LogP contribution < -0.4 is 15.4 Å². The topological polar surface area (TPSA) is 70.7 Å². The fraction of sp³-hybridized carbons (Fsp3) is 0.391. The van der Waals surface area contributed by atoms with Crippen LogP contribution in [-0.4, -0.2) is 49.5 Å². The van der Waals surface area contributed by atoms with Crippen LogP contribution in [0.25, 0.3) is 0 Å². The molecule has 0 aliphatic carbocycles. The quantitative estimate of drug-likeness (QED) is 0.499. The van der Waals surface area contributed by atoms with Crippen molar-refractivity contribution in [2.45, 2.75) is 26.7 Å². The number of likely N-dealkylation sites (N-methyl/N-ethyl adjacent to an activating group) is 1. The van der Waals surface area contributed by atoms with E-state index in [2.05, 4.69) is 29.4 Å². The van der Waals surface area contributed by atoms with Crippen molar-refractivity contribution in [2.24, 2.45) is 0 Å². The highest BCUT2D eigenvalue weighted by atomic mass is 19.1. The zero-order chi connectivity index (χ0) is 22.6. The van der Waals surface area contributed by atoms with E-state index in [4.69, 9.17) is 4.74 Å². The Labute approximate surface area is 181 Å². The first-order valence-electron chi connectivity index (χ1n) is 10.4. The number of ether oxygens (including phenoxy) is 1. The smallest absolute Gasteiger partial charge is 0.254 e. The van der Waals surface area contributed by atoms with Crippen molar-refractivity contribution in [3.05, 3.63) is 59.7 Å². The maximum atomic E-state index is 13.6. The van der Waals surface area contributed by atoms with Crippen molar-refractivity contribution in [2.75, 3.05) is 38.1 Å². The van der Waals surface area contributed by atoms with Gasteiger partial charge < -0.3 is 20.3 Å². The van der Waals surface area contributed by atoms with E-state index in [1.165, 1.54) is 0 Å². The fourth-order valence-corrected chi connectivity index (χ4v) is 2.91. The third-order valence-corrected chi connectivity index (χ3v) is 4.75. The molecule has 168 valence electrons. The molecule has 0 heterocycles. The number of carbonyl (C=O) groups excluding carboxylic acids is 2. The Balaban J connectivity index is 1.67. The third kappa shape index (κ3) is 8.33. The van der Waals surface area contributed by atoms with Crippen molar-refractivity contribution < 1.29 is 23.1 Å². The lowest BCUT2D eigenvalue weighted by Gasteiger charge is -2.18. The number of nitrogens with one attached hydrogen (secondary N) is 2. The van der Waals surface area contributed by atoms with Crippen LogP contribution in [0.3, 0.4) is 0 Å². The molecule has 0 aromatic heterocycles. The molecule has 2 amide bonds. The minimum Gasteiger partial charge on any atom is -0.492 e. The molecule has 0 radical (unpaired) electrons. The monoisotopic (exact) mass is 433 g/mol. The second-order valence-corrected chi connectivity index (χ2v) is 6.93. The first-order valence-corrected chi connectivity index (χ1v) is 10.4. The van der Waals surface area contributed by atoms with E-state index in [0.717, 1.165) is 37.5 Å². The van der Waals surface area contributed by atoms with Crippen LogP contribution in [-0.2, 0) is 4.79 Å². The van der Waals surface area contributed by atoms with E-state index < -0.39 is 17.5 Å². The molecule has 0 saturated heterocycles. The summed E-state index contributed by atoms with van der Waals surface area (Å²) in [6.07, 6.45) is 0.571. The van der Waals surface area contributed by atoms with Gasteiger partial charge >= 0.3 is 0 Å². The number of hydrogen-bond donors (Lipinski definition) is 2. The van der Waals surface area contributed by atoms with Gasteiger partial charge in [-0.2, -0.15) is 0 Å². The first-order chi connectivity index (χ1) is 14.9. The van der Waals surface area contributed by atoms with E-state index in [9.17, 15) is 18.4 Å². The van der Waals surface area contributed by atoms with Crippen LogP contribution in [0.15, 0.2) is 42.5 Å². The number of carbonyl (C=O) groups is 2. The molecule has 0 fully saturated rings. The fourth-order valence-electron chi connectivity index (χ4n) is 2.91. The molecule has 0 aliphatic heterocycles. The third-order valence-electron chi connectivity index (χ3n) is 4.75. The van der Waals surface area contributed by atoms with E-state index >= 15 is 0 Å². The number of nitrogens with zero attached hydrogens (tertiary/aromatic N) is 1. The zero-order valence-electron chi connectivity index (χ0n) is 17.9. The lowest BCUT2D eigenvalue weighted by molar-refractivity contribution is -0.116. The number of halogens is 2. The summed E-state index contributed by atoms with van der Waals surface area (Å²) < 4.78 is 32.2. The van der Waals surface area contributed by atoms with Gasteiger partial charge in [0.15, 0.2) is 0 Å². The first kappa shape index (κ1) is 24.3. The maximum Gasteiger partial charge on any atom is 0.254 e. The molecule has 0 bridgehead atoms. The summed E-state index contributed by atoms with van der Waals surface area (Å²) in [6, 6.07) is 9.90. The molecule has 0 unspecified atom stereocenters. The number of hydrogen-bond acceptors (Lipinski definition) is 4. The van der Waals surface area contributed by atoms with Crippen molar-refractivity contribution in [3.63, 3.8) is 0 Å². The molecule has 0 saturated carbocycles. The summed E-state index contributed by atoms with van der Waals surface area (Å²) in [5.74, 6) is -1.77. The van der Waals surface area contributed by atoms with Gasteiger partial charge in [-0.3, -0.25) is 9.59 Å². The summed E-state index contributed by atoms with van der Waals surface area (Å²) >= 11 is 0. The lowest BCUT2D eigenvalue weighted by Crippen LogP contribution is -2.27. The second-order valence-electron chi connectivity index (χ2n) is 6.93. The summed E-state index contributed by atoms with van der Waals surface area (Å²) in [7, 11) is 0. The molecule has 0 atom stereocenters. The number of amides is 2. The Hall–Kier alpha value is -3.00. The Bertz CT molecular complexity index is 856. The van der Waals surface area contributed by atoms with Gasteiger partial charge in [-0.05, 0) is 55.9 Å². The predicted octanol–water partition coefficient (Wildman–Crippen LogP) is 3.83. The van der Waals surface area contributed by atoms with Gasteiger partial charge in [-0.1, -0.05) is 13.8 Å². The van der Waals surface area contributed by atoms with Crippen molar-refractivity contribution in [1.82, 2.24) is 10.2 Å². The molecular weight excluding hydrogens is 404 g/mol. The van der Waals surface area contributed by atoms with Crippen LogP contribution in [0.4, 0.5) is 14.5 Å². The van der Waals surface area contributed by atoms with E-state index in [0.29, 0.717) is 24.8 Å². The number of rotatable bonds is 12. The summed E-state index contributed by atoms with van der Waals surface area (Å²) in [6.45, 7) is 7.84. The normalized spacial score (nSPS) is 10.7. The van der Waals surface area contributed by atoms with Gasteiger partial charge in [0.25, 0.3) is 5.91 Å². The standard InChI is InChI=1S/C23H29F2N3O3/c1-3-28(4-2)14-15-31-19-10-8-18(9-11-19)27-22(29)6-5-13-26-23(30)20-12-7-17(24)16-21(20)25/h7-12,16H,3-6,13-15H2,1-2H3,(H,26,30)(H,27,29). The van der Waals surface area contributed by atoms with Gasteiger partial charge in [0.05, 0.1) is 5.56 Å². The molecule has 2 aromatic rings. The highest BCUT2D eigenvalue weighted by molar-refractivity contribution is 5.94. The van der Waals surface area contributed by atoms with Crippen LogP contribution in [0.5, 0.6) is 5.75 Å². The highest BCUT2D eigenvalue weighted by Gasteiger charge is 2.12. The Kier molecular flexibility index (Phi) is 9.90. The maximum absolute atomic E-state index is 13.6. The Morgan fingerprint density at radius 1 is 1.03 bits per heavy atom. The minimum absolute atomic E-state index is 0.189. The Morgan fingerprint density at radius 2 is 1.74 bits per heavy atom. The molecule has 0 aliphatic rings. The molecule has 2 N–H and O–H groups in total. The van der Waals surface area contributed by atoms with Crippen molar-refractivity contribution in [3.8, 4) is 5.75 Å². The van der Waals surface area contributed by atoms with E-state index in [1.807, 2.05) is 0 Å². The minimum atomic E-state index is -0.921. The molecule has 6 nitrogen and oxygen atoms in total. The largest absolute Gasteiger partial charge is 0.492 e. The van der Waals surface area contributed by atoms with E-state index in [-0.39, 0.29) is 24.4 Å². The van der Waals surface area contributed by atoms with Gasteiger partial charge in [0.1, 0.15) is 24.0 Å². The van der Waals surface area contributed by atoms with Crippen LogP contribution >= 0.6 is 0 Å². The molecule has 31 heavy (non-hydrogen) atoms. The summed E-state index contributed by atoms with van der Waals surface area (Å²) in [4.78, 5) is 26.2. The van der Waals surface area contributed by atoms with Crippen molar-refractivity contribution >= 4 is 17.5 Å². The molecular formula is C23H29F2N3O3. The van der Waals surface area contributed by atoms with Gasteiger partial charge in [-0.15, -0.1) is 0 Å². The zero-order valence-corrected chi connectivity index (χ0v) is 17.9. The van der Waals surface area contributed by atoms with Crippen LogP contribution in [0.2, 0.25) is 0 Å². The predicted molar refractivity (Wildman–Crippen MR) is 116 cm³/mol. The average Bonchev–Trinajstić information content (AvgIpc) is 2.75. The Morgan fingerprint density at radius 3 is 2.39 bits per heavy atom. The van der Waals surface area contributed by atoms with Crippen molar-refractivity contribution in [1.29, 1.82) is 0 Å². The summed E-state index contributed by atoms with van der Waals surface area (Å²) in [5.41, 5.74) is 0.420.